The van der Waals surface area contributed by atoms with Gasteiger partial charge in [0.15, 0.2) is 0 Å². The van der Waals surface area contributed by atoms with Crippen molar-refractivity contribution in [2.75, 3.05) is 32.7 Å². The predicted molar refractivity (Wildman–Crippen MR) is 83.3 cm³/mol. The average molecular weight is 346 g/mol. The van der Waals surface area contributed by atoms with E-state index in [0.29, 0.717) is 37.8 Å². The van der Waals surface area contributed by atoms with Gasteiger partial charge in [-0.1, -0.05) is 24.2 Å². The van der Waals surface area contributed by atoms with Crippen LogP contribution in [-0.4, -0.2) is 55.3 Å². The molecule has 0 aromatic heterocycles. The first-order valence-electron chi connectivity index (χ1n) is 6.61. The van der Waals surface area contributed by atoms with Gasteiger partial charge in [0.05, 0.1) is 9.82 Å². The molecule has 7 nitrogen and oxygen atoms in total. The van der Waals surface area contributed by atoms with E-state index in [1.54, 1.807) is 0 Å². The fourth-order valence-electron chi connectivity index (χ4n) is 2.28. The summed E-state index contributed by atoms with van der Waals surface area (Å²) in [6.07, 6.45) is 0. The minimum absolute atomic E-state index is 0.0584. The normalized spacial score (nSPS) is 17.3. The van der Waals surface area contributed by atoms with Crippen molar-refractivity contribution in [2.24, 2.45) is 0 Å². The van der Waals surface area contributed by atoms with Crippen molar-refractivity contribution < 1.29 is 13.3 Å². The van der Waals surface area contributed by atoms with Gasteiger partial charge >= 0.3 is 0 Å². The summed E-state index contributed by atoms with van der Waals surface area (Å²) in [5.41, 5.74) is -0.238. The van der Waals surface area contributed by atoms with Gasteiger partial charge in [0.2, 0.25) is 10.0 Å². The van der Waals surface area contributed by atoms with Crippen LogP contribution in [0, 0.1) is 10.1 Å². The lowest BCUT2D eigenvalue weighted by Crippen LogP contribution is -2.48. The monoisotopic (exact) mass is 345 g/mol. The van der Waals surface area contributed by atoms with Crippen molar-refractivity contribution in [2.45, 2.75) is 4.90 Å². The summed E-state index contributed by atoms with van der Waals surface area (Å²) < 4.78 is 26.4. The number of halogens is 1. The van der Waals surface area contributed by atoms with Gasteiger partial charge in [-0.2, -0.15) is 4.31 Å². The van der Waals surface area contributed by atoms with Crippen LogP contribution in [0.25, 0.3) is 0 Å². The lowest BCUT2D eigenvalue weighted by molar-refractivity contribution is -0.385. The zero-order chi connectivity index (χ0) is 16.3. The van der Waals surface area contributed by atoms with Crippen molar-refractivity contribution >= 4 is 27.3 Å². The molecule has 1 aliphatic heterocycles. The number of benzene rings is 1. The van der Waals surface area contributed by atoms with E-state index in [-0.39, 0.29) is 10.6 Å². The Hall–Kier alpha value is -1.48. The van der Waals surface area contributed by atoms with E-state index < -0.39 is 14.9 Å². The third-order valence-electron chi connectivity index (χ3n) is 3.39. The second-order valence-electron chi connectivity index (χ2n) is 4.95. The Morgan fingerprint density at radius 3 is 2.50 bits per heavy atom. The van der Waals surface area contributed by atoms with Crippen LogP contribution in [0.2, 0.25) is 0 Å². The van der Waals surface area contributed by atoms with E-state index in [4.69, 9.17) is 11.6 Å². The largest absolute Gasteiger partial charge is 0.296 e. The maximum atomic E-state index is 12.5. The van der Waals surface area contributed by atoms with E-state index in [2.05, 4.69) is 6.58 Å². The van der Waals surface area contributed by atoms with Crippen molar-refractivity contribution in [3.63, 3.8) is 0 Å². The molecule has 1 fully saturated rings. The highest BCUT2D eigenvalue weighted by molar-refractivity contribution is 7.89. The van der Waals surface area contributed by atoms with E-state index in [1.807, 2.05) is 4.90 Å². The lowest BCUT2D eigenvalue weighted by atomic mass is 10.3. The standard InChI is InChI=1S/C13H16ClN3O4S/c1-11(14)10-15-5-7-16(8-6-15)22(20,21)13-4-2-3-12(9-13)17(18)19/h2-4,9H,1,5-8,10H2. The molecule has 22 heavy (non-hydrogen) atoms. The van der Waals surface area contributed by atoms with Crippen LogP contribution in [0.5, 0.6) is 0 Å². The Morgan fingerprint density at radius 1 is 1.32 bits per heavy atom. The summed E-state index contributed by atoms with van der Waals surface area (Å²) in [4.78, 5) is 12.1. The van der Waals surface area contributed by atoms with Gasteiger partial charge in [0, 0.05) is 49.9 Å². The molecule has 120 valence electrons. The number of sulfonamides is 1. The fourth-order valence-corrected chi connectivity index (χ4v) is 3.91. The third kappa shape index (κ3) is 3.83. The smallest absolute Gasteiger partial charge is 0.270 e. The van der Waals surface area contributed by atoms with Gasteiger partial charge in [-0.15, -0.1) is 0 Å². The van der Waals surface area contributed by atoms with Gasteiger partial charge in [-0.25, -0.2) is 8.42 Å². The number of hydrogen-bond donors (Lipinski definition) is 0. The first-order valence-corrected chi connectivity index (χ1v) is 8.43. The summed E-state index contributed by atoms with van der Waals surface area (Å²) >= 11 is 5.75. The van der Waals surface area contributed by atoms with Crippen LogP contribution in [0.4, 0.5) is 5.69 Å². The second kappa shape index (κ2) is 6.74. The zero-order valence-electron chi connectivity index (χ0n) is 11.8. The SMILES string of the molecule is C=C(Cl)CN1CCN(S(=O)(=O)c2cccc([N+](=O)[O-])c2)CC1. The molecule has 1 aromatic carbocycles. The van der Waals surface area contributed by atoms with Crippen LogP contribution >= 0.6 is 11.6 Å². The Kier molecular flexibility index (Phi) is 5.17. The quantitative estimate of drug-likeness (QED) is 0.598. The average Bonchev–Trinajstić information content (AvgIpc) is 2.47. The Morgan fingerprint density at radius 2 is 1.95 bits per heavy atom. The highest BCUT2D eigenvalue weighted by Crippen LogP contribution is 2.22. The van der Waals surface area contributed by atoms with E-state index in [1.165, 1.54) is 22.5 Å². The maximum Gasteiger partial charge on any atom is 0.270 e. The summed E-state index contributed by atoms with van der Waals surface area (Å²) in [5.74, 6) is 0. The van der Waals surface area contributed by atoms with Gasteiger partial charge in [0.1, 0.15) is 0 Å². The first kappa shape index (κ1) is 16.9. The van der Waals surface area contributed by atoms with Crippen LogP contribution in [-0.2, 0) is 10.0 Å². The molecule has 0 unspecified atom stereocenters. The molecule has 1 aromatic rings. The van der Waals surface area contributed by atoms with Crippen molar-refractivity contribution in [1.82, 2.24) is 9.21 Å². The summed E-state index contributed by atoms with van der Waals surface area (Å²) in [6, 6.07) is 5.10. The van der Waals surface area contributed by atoms with Crippen LogP contribution in [0.3, 0.4) is 0 Å². The number of non-ortho nitro benzene ring substituents is 1. The molecule has 1 aliphatic rings. The number of rotatable bonds is 5. The summed E-state index contributed by atoms with van der Waals surface area (Å²) in [7, 11) is -3.72. The van der Waals surface area contributed by atoms with Crippen molar-refractivity contribution in [3.05, 3.63) is 46.0 Å². The summed E-state index contributed by atoms with van der Waals surface area (Å²) in [6.45, 7) is 5.85. The minimum Gasteiger partial charge on any atom is -0.296 e. The molecule has 0 atom stereocenters. The van der Waals surface area contributed by atoms with Gasteiger partial charge in [-0.3, -0.25) is 15.0 Å². The molecule has 1 heterocycles. The number of nitro benzene ring substituents is 1. The number of nitro groups is 1. The number of nitrogens with zero attached hydrogens (tertiary/aromatic N) is 3. The number of hydrogen-bond acceptors (Lipinski definition) is 5. The number of piperazine rings is 1. The zero-order valence-corrected chi connectivity index (χ0v) is 13.4. The minimum atomic E-state index is -3.72. The van der Waals surface area contributed by atoms with E-state index >= 15 is 0 Å². The molecule has 1 saturated heterocycles. The molecule has 0 N–H and O–H groups in total. The molecule has 0 spiro atoms. The molecule has 0 amide bonds. The fraction of sp³-hybridized carbons (Fsp3) is 0.385. The molecule has 0 bridgehead atoms. The van der Waals surface area contributed by atoms with Crippen molar-refractivity contribution in [3.8, 4) is 0 Å². The van der Waals surface area contributed by atoms with E-state index in [9.17, 15) is 18.5 Å². The Labute approximate surface area is 134 Å². The Balaban J connectivity index is 2.13. The molecule has 2 rings (SSSR count). The topological polar surface area (TPSA) is 83.8 Å². The van der Waals surface area contributed by atoms with Gasteiger partial charge < -0.3 is 0 Å². The molecule has 0 aliphatic carbocycles. The van der Waals surface area contributed by atoms with Crippen LogP contribution < -0.4 is 0 Å². The second-order valence-corrected chi connectivity index (χ2v) is 7.42. The predicted octanol–water partition coefficient (Wildman–Crippen LogP) is 1.65. The maximum absolute atomic E-state index is 12.5. The highest BCUT2D eigenvalue weighted by Gasteiger charge is 2.29. The third-order valence-corrected chi connectivity index (χ3v) is 5.41. The van der Waals surface area contributed by atoms with E-state index in [0.717, 1.165) is 6.07 Å². The lowest BCUT2D eigenvalue weighted by Gasteiger charge is -2.33. The molecule has 0 radical (unpaired) electrons. The van der Waals surface area contributed by atoms with Gasteiger partial charge in [-0.05, 0) is 6.07 Å². The highest BCUT2D eigenvalue weighted by atomic mass is 35.5. The van der Waals surface area contributed by atoms with Crippen LogP contribution in [0.1, 0.15) is 0 Å². The van der Waals surface area contributed by atoms with Gasteiger partial charge in [0.25, 0.3) is 5.69 Å². The summed E-state index contributed by atoms with van der Waals surface area (Å²) in [5, 5.41) is 11.3. The molecule has 0 saturated carbocycles. The van der Waals surface area contributed by atoms with Crippen LogP contribution in [0.15, 0.2) is 40.8 Å². The first-order chi connectivity index (χ1) is 10.3. The molecular weight excluding hydrogens is 330 g/mol. The molecular formula is C13H16ClN3O4S. The van der Waals surface area contributed by atoms with Crippen molar-refractivity contribution in [1.29, 1.82) is 0 Å². The Bertz CT molecular complexity index is 684. The molecule has 9 heteroatoms.